The number of hydrogen-bond acceptors (Lipinski definition) is 5. The molecule has 2 aliphatic heterocycles. The number of likely N-dealkylation sites (tertiary alicyclic amines) is 1. The normalized spacial score (nSPS) is 25.6. The summed E-state index contributed by atoms with van der Waals surface area (Å²) in [6, 6.07) is 19.3. The maximum absolute atomic E-state index is 12.5. The van der Waals surface area contributed by atoms with Crippen LogP contribution in [0.1, 0.15) is 28.8 Å². The van der Waals surface area contributed by atoms with E-state index in [1.807, 2.05) is 12.1 Å². The predicted molar refractivity (Wildman–Crippen MR) is 131 cm³/mol. The molecule has 6 heteroatoms. The minimum absolute atomic E-state index is 0.00286. The summed E-state index contributed by atoms with van der Waals surface area (Å²) < 4.78 is 5.37. The zero-order valence-corrected chi connectivity index (χ0v) is 19.4. The molecule has 0 bridgehead atoms. The van der Waals surface area contributed by atoms with Gasteiger partial charge in [0.05, 0.1) is 13.2 Å². The van der Waals surface area contributed by atoms with Gasteiger partial charge in [-0.25, -0.2) is 0 Å². The van der Waals surface area contributed by atoms with Gasteiger partial charge in [0, 0.05) is 63.1 Å². The zero-order valence-electron chi connectivity index (χ0n) is 19.4. The number of carbonyl (C=O) groups is 1. The molecule has 0 unspecified atom stereocenters. The van der Waals surface area contributed by atoms with Gasteiger partial charge in [-0.2, -0.15) is 0 Å². The summed E-state index contributed by atoms with van der Waals surface area (Å²) in [6.07, 6.45) is 2.54. The summed E-state index contributed by atoms with van der Waals surface area (Å²) in [5.41, 5.74) is 3.24. The molecule has 33 heavy (non-hydrogen) atoms. The van der Waals surface area contributed by atoms with Crippen molar-refractivity contribution in [3.63, 3.8) is 0 Å². The largest absolute Gasteiger partial charge is 0.382 e. The fourth-order valence-corrected chi connectivity index (χ4v) is 5.69. The summed E-state index contributed by atoms with van der Waals surface area (Å²) in [5.74, 6) is 1.50. The Morgan fingerprint density at radius 1 is 0.939 bits per heavy atom. The first-order valence-electron chi connectivity index (χ1n) is 12.5. The Kier molecular flexibility index (Phi) is 7.24. The summed E-state index contributed by atoms with van der Waals surface area (Å²) in [7, 11) is 0. The molecule has 2 aromatic rings. The molecule has 2 aromatic carbocycles. The van der Waals surface area contributed by atoms with Gasteiger partial charge in [-0.3, -0.25) is 14.6 Å². The van der Waals surface area contributed by atoms with E-state index in [-0.39, 0.29) is 5.91 Å². The van der Waals surface area contributed by atoms with E-state index in [2.05, 4.69) is 62.9 Å². The van der Waals surface area contributed by atoms with Gasteiger partial charge in [0.25, 0.3) is 5.91 Å². The van der Waals surface area contributed by atoms with E-state index >= 15 is 0 Å². The van der Waals surface area contributed by atoms with Crippen molar-refractivity contribution < 1.29 is 9.53 Å². The molecular weight excluding hydrogens is 412 g/mol. The summed E-state index contributed by atoms with van der Waals surface area (Å²) in [6.45, 7) is 8.44. The number of rotatable bonds is 8. The quantitative estimate of drug-likeness (QED) is 0.650. The number of amides is 1. The molecule has 2 N–H and O–H groups in total. The zero-order chi connectivity index (χ0) is 22.5. The van der Waals surface area contributed by atoms with Crippen LogP contribution in [0.15, 0.2) is 54.6 Å². The van der Waals surface area contributed by atoms with E-state index in [0.29, 0.717) is 18.5 Å². The molecule has 6 nitrogen and oxygen atoms in total. The lowest BCUT2D eigenvalue weighted by Crippen LogP contribution is -2.41. The van der Waals surface area contributed by atoms with Crippen LogP contribution in [0.3, 0.4) is 0 Å². The number of carbonyl (C=O) groups excluding carboxylic acids is 1. The fourth-order valence-electron chi connectivity index (χ4n) is 5.69. The number of fused-ring (bicyclic) bond motifs is 1. The maximum atomic E-state index is 12.5. The SMILES string of the molecule is O=C(NCCN1CCOCC1)c1ccc(N[C@@H]2CC[C@H]3CN(Cc4ccccc4)C[C@H]32)cc1. The molecule has 176 valence electrons. The topological polar surface area (TPSA) is 56.8 Å². The molecule has 1 saturated carbocycles. The smallest absolute Gasteiger partial charge is 0.251 e. The van der Waals surface area contributed by atoms with Gasteiger partial charge in [-0.15, -0.1) is 0 Å². The molecule has 3 atom stereocenters. The number of hydrogen-bond donors (Lipinski definition) is 2. The first-order chi connectivity index (χ1) is 16.2. The van der Waals surface area contributed by atoms with Crippen LogP contribution in [-0.4, -0.2) is 74.2 Å². The molecule has 3 aliphatic rings. The van der Waals surface area contributed by atoms with Crippen LogP contribution < -0.4 is 10.6 Å². The second kappa shape index (κ2) is 10.7. The highest BCUT2D eigenvalue weighted by molar-refractivity contribution is 5.94. The molecule has 0 radical (unpaired) electrons. The van der Waals surface area contributed by atoms with Crippen LogP contribution >= 0.6 is 0 Å². The monoisotopic (exact) mass is 448 g/mol. The Hall–Kier alpha value is -2.41. The molecule has 1 aliphatic carbocycles. The van der Waals surface area contributed by atoms with E-state index in [9.17, 15) is 4.79 Å². The molecule has 1 amide bonds. The molecule has 2 heterocycles. The minimum atomic E-state index is 0.00286. The van der Waals surface area contributed by atoms with E-state index in [1.165, 1.54) is 31.5 Å². The van der Waals surface area contributed by atoms with Gasteiger partial charge in [0.1, 0.15) is 0 Å². The Bertz CT molecular complexity index is 898. The lowest BCUT2D eigenvalue weighted by molar-refractivity contribution is 0.0383. The number of morpholine rings is 1. The molecule has 0 aromatic heterocycles. The van der Waals surface area contributed by atoms with E-state index in [0.717, 1.165) is 56.6 Å². The average Bonchev–Trinajstić information content (AvgIpc) is 3.42. The minimum Gasteiger partial charge on any atom is -0.382 e. The van der Waals surface area contributed by atoms with Gasteiger partial charge < -0.3 is 15.4 Å². The number of nitrogens with one attached hydrogen (secondary N) is 2. The molecule has 2 saturated heterocycles. The van der Waals surface area contributed by atoms with Gasteiger partial charge in [-0.05, 0) is 54.5 Å². The first kappa shape index (κ1) is 22.4. The van der Waals surface area contributed by atoms with Crippen molar-refractivity contribution in [2.24, 2.45) is 11.8 Å². The second-order valence-electron chi connectivity index (χ2n) is 9.72. The highest BCUT2D eigenvalue weighted by Gasteiger charge is 2.42. The van der Waals surface area contributed by atoms with Crippen LogP contribution in [0.25, 0.3) is 0 Å². The van der Waals surface area contributed by atoms with Gasteiger partial charge >= 0.3 is 0 Å². The standard InChI is InChI=1S/C27H36N4O2/c32-27(28-12-13-30-14-16-33-17-15-30)22-6-9-24(10-7-22)29-26-11-8-23-19-31(20-25(23)26)18-21-4-2-1-3-5-21/h1-7,9-10,23,25-26,29H,8,11-20H2,(H,28,32)/t23-,25+,26+/m0/s1. The van der Waals surface area contributed by atoms with Crippen molar-refractivity contribution in [1.29, 1.82) is 0 Å². The van der Waals surface area contributed by atoms with Crippen LogP contribution in [0.2, 0.25) is 0 Å². The third-order valence-electron chi connectivity index (χ3n) is 7.50. The van der Waals surface area contributed by atoms with Crippen molar-refractivity contribution in [2.75, 3.05) is 57.8 Å². The van der Waals surface area contributed by atoms with Gasteiger partial charge in [-0.1, -0.05) is 30.3 Å². The number of benzene rings is 2. The Morgan fingerprint density at radius 2 is 1.73 bits per heavy atom. The summed E-state index contributed by atoms with van der Waals surface area (Å²) in [4.78, 5) is 17.4. The summed E-state index contributed by atoms with van der Waals surface area (Å²) >= 11 is 0. The second-order valence-corrected chi connectivity index (χ2v) is 9.72. The Morgan fingerprint density at radius 3 is 2.52 bits per heavy atom. The summed E-state index contributed by atoms with van der Waals surface area (Å²) in [5, 5.41) is 6.82. The third-order valence-corrected chi connectivity index (χ3v) is 7.50. The van der Waals surface area contributed by atoms with Crippen molar-refractivity contribution in [2.45, 2.75) is 25.4 Å². The average molecular weight is 449 g/mol. The van der Waals surface area contributed by atoms with E-state index in [4.69, 9.17) is 4.74 Å². The van der Waals surface area contributed by atoms with Crippen LogP contribution in [0.4, 0.5) is 5.69 Å². The van der Waals surface area contributed by atoms with Crippen LogP contribution in [-0.2, 0) is 11.3 Å². The van der Waals surface area contributed by atoms with Gasteiger partial charge in [0.15, 0.2) is 0 Å². The van der Waals surface area contributed by atoms with E-state index in [1.54, 1.807) is 0 Å². The highest BCUT2D eigenvalue weighted by atomic mass is 16.5. The highest BCUT2D eigenvalue weighted by Crippen LogP contribution is 2.40. The number of nitrogens with zero attached hydrogens (tertiary/aromatic N) is 2. The lowest BCUT2D eigenvalue weighted by atomic mass is 9.97. The molecule has 0 spiro atoms. The van der Waals surface area contributed by atoms with Crippen molar-refractivity contribution in [3.8, 4) is 0 Å². The van der Waals surface area contributed by atoms with Crippen molar-refractivity contribution in [1.82, 2.24) is 15.1 Å². The molecule has 3 fully saturated rings. The maximum Gasteiger partial charge on any atom is 0.251 e. The predicted octanol–water partition coefficient (Wildman–Crippen LogP) is 3.07. The van der Waals surface area contributed by atoms with Crippen LogP contribution in [0, 0.1) is 11.8 Å². The Labute approximate surface area is 197 Å². The number of ether oxygens (including phenoxy) is 1. The van der Waals surface area contributed by atoms with Crippen molar-refractivity contribution in [3.05, 3.63) is 65.7 Å². The van der Waals surface area contributed by atoms with Crippen molar-refractivity contribution >= 4 is 11.6 Å². The molecule has 5 rings (SSSR count). The molecular formula is C27H36N4O2. The Balaban J connectivity index is 1.09. The third kappa shape index (κ3) is 5.75. The van der Waals surface area contributed by atoms with E-state index < -0.39 is 0 Å². The van der Waals surface area contributed by atoms with Gasteiger partial charge in [0.2, 0.25) is 0 Å². The fraction of sp³-hybridized carbons (Fsp3) is 0.519. The lowest BCUT2D eigenvalue weighted by Gasteiger charge is -2.26. The number of anilines is 1. The van der Waals surface area contributed by atoms with Crippen LogP contribution in [0.5, 0.6) is 0 Å². The first-order valence-corrected chi connectivity index (χ1v) is 12.5.